The summed E-state index contributed by atoms with van der Waals surface area (Å²) >= 11 is 0. The average Bonchev–Trinajstić information content (AvgIpc) is 3.33. The highest BCUT2D eigenvalue weighted by atomic mass is 35.5. The van der Waals surface area contributed by atoms with Crippen molar-refractivity contribution in [3.05, 3.63) is 28.8 Å². The Balaban J connectivity index is 0.00000182. The number of aryl methyl sites for hydroxylation is 2. The summed E-state index contributed by atoms with van der Waals surface area (Å²) in [6, 6.07) is 5.29. The largest absolute Gasteiger partial charge is 0.496 e. The predicted molar refractivity (Wildman–Crippen MR) is 101 cm³/mol. The van der Waals surface area contributed by atoms with Gasteiger partial charge in [0.25, 0.3) is 0 Å². The maximum absolute atomic E-state index is 13.0. The SMILES string of the molecule is CC[C@@]1(C(=O)NCc2cc3c(cc2OC)CCC3)C[C@@H]2CC[C@H]1N2.Cl. The van der Waals surface area contributed by atoms with E-state index in [0.717, 1.165) is 43.4 Å². The predicted octanol–water partition coefficient (Wildman–Crippen LogP) is 3.14. The summed E-state index contributed by atoms with van der Waals surface area (Å²) in [7, 11) is 1.72. The summed E-state index contributed by atoms with van der Waals surface area (Å²) in [5.74, 6) is 1.12. The topological polar surface area (TPSA) is 50.4 Å². The smallest absolute Gasteiger partial charge is 0.228 e. The van der Waals surface area contributed by atoms with E-state index < -0.39 is 0 Å². The third-order valence-corrected chi connectivity index (χ3v) is 6.54. The van der Waals surface area contributed by atoms with Crippen molar-refractivity contribution >= 4 is 18.3 Å². The number of halogens is 1. The van der Waals surface area contributed by atoms with Crippen LogP contribution in [0.4, 0.5) is 0 Å². The van der Waals surface area contributed by atoms with Crippen molar-refractivity contribution in [1.82, 2.24) is 10.6 Å². The molecule has 0 aromatic heterocycles. The second kappa shape index (κ2) is 7.16. The van der Waals surface area contributed by atoms with Crippen LogP contribution in [0.3, 0.4) is 0 Å². The number of hydrogen-bond acceptors (Lipinski definition) is 3. The number of fused-ring (bicyclic) bond motifs is 3. The molecule has 3 aliphatic rings. The molecule has 3 atom stereocenters. The van der Waals surface area contributed by atoms with Crippen LogP contribution < -0.4 is 15.4 Å². The first-order valence-electron chi connectivity index (χ1n) is 9.39. The Labute approximate surface area is 156 Å². The molecule has 0 spiro atoms. The lowest BCUT2D eigenvalue weighted by Crippen LogP contribution is -2.47. The van der Waals surface area contributed by atoms with E-state index in [1.807, 2.05) is 0 Å². The molecule has 4 rings (SSSR count). The van der Waals surface area contributed by atoms with Gasteiger partial charge in [-0.1, -0.05) is 13.0 Å². The Morgan fingerprint density at radius 1 is 1.32 bits per heavy atom. The number of hydrogen-bond donors (Lipinski definition) is 2. The van der Waals surface area contributed by atoms with E-state index in [1.54, 1.807) is 7.11 Å². The van der Waals surface area contributed by atoms with Crippen LogP contribution in [0.5, 0.6) is 5.75 Å². The molecule has 1 amide bonds. The first-order valence-corrected chi connectivity index (χ1v) is 9.39. The minimum absolute atomic E-state index is 0. The number of amides is 1. The molecule has 138 valence electrons. The van der Waals surface area contributed by atoms with Crippen LogP contribution in [0.2, 0.25) is 0 Å². The highest BCUT2D eigenvalue weighted by Crippen LogP contribution is 2.46. The minimum atomic E-state index is -0.215. The zero-order valence-electron chi connectivity index (χ0n) is 15.2. The summed E-state index contributed by atoms with van der Waals surface area (Å²) in [5, 5.41) is 6.84. The molecule has 1 aliphatic carbocycles. The normalized spacial score (nSPS) is 29.2. The molecule has 2 aliphatic heterocycles. The molecular weight excluding hydrogens is 336 g/mol. The number of rotatable bonds is 5. The summed E-state index contributed by atoms with van der Waals surface area (Å²) in [6.45, 7) is 2.71. The van der Waals surface area contributed by atoms with E-state index in [9.17, 15) is 4.79 Å². The van der Waals surface area contributed by atoms with Crippen molar-refractivity contribution in [3.63, 3.8) is 0 Å². The number of ether oxygens (including phenoxy) is 1. The lowest BCUT2D eigenvalue weighted by atomic mass is 9.71. The zero-order valence-corrected chi connectivity index (χ0v) is 16.0. The van der Waals surface area contributed by atoms with Crippen LogP contribution in [0.25, 0.3) is 0 Å². The fourth-order valence-electron chi connectivity index (χ4n) is 5.13. The molecule has 5 heteroatoms. The van der Waals surface area contributed by atoms with E-state index in [0.29, 0.717) is 18.6 Å². The second-order valence-electron chi connectivity index (χ2n) is 7.68. The lowest BCUT2D eigenvalue weighted by molar-refractivity contribution is -0.132. The van der Waals surface area contributed by atoms with Gasteiger partial charge in [0.1, 0.15) is 5.75 Å². The Morgan fingerprint density at radius 2 is 2.08 bits per heavy atom. The molecule has 0 saturated carbocycles. The van der Waals surface area contributed by atoms with Crippen molar-refractivity contribution in [3.8, 4) is 5.75 Å². The van der Waals surface area contributed by atoms with Crippen LogP contribution in [-0.4, -0.2) is 25.1 Å². The lowest BCUT2D eigenvalue weighted by Gasteiger charge is -2.34. The molecule has 2 heterocycles. The minimum Gasteiger partial charge on any atom is -0.496 e. The summed E-state index contributed by atoms with van der Waals surface area (Å²) in [6.07, 6.45) is 7.77. The average molecular weight is 365 g/mol. The fourth-order valence-corrected chi connectivity index (χ4v) is 5.13. The molecule has 1 aromatic rings. The highest BCUT2D eigenvalue weighted by molar-refractivity contribution is 5.85. The van der Waals surface area contributed by atoms with Gasteiger partial charge in [-0.3, -0.25) is 4.79 Å². The molecule has 2 bridgehead atoms. The quantitative estimate of drug-likeness (QED) is 0.843. The Kier molecular flexibility index (Phi) is 5.31. The molecule has 2 saturated heterocycles. The monoisotopic (exact) mass is 364 g/mol. The standard InChI is InChI=1S/C20H28N2O2.ClH/c1-3-20(11-16-7-8-18(20)22-16)19(23)21-12-15-9-13-5-4-6-14(13)10-17(15)24-2;/h9-10,16,18,22H,3-8,11-12H2,1-2H3,(H,21,23);1H/t16-,18+,20+;/m0./s1. The Hall–Kier alpha value is -1.26. The van der Waals surface area contributed by atoms with Crippen LogP contribution in [0, 0.1) is 5.41 Å². The third kappa shape index (κ3) is 3.04. The second-order valence-corrected chi connectivity index (χ2v) is 7.68. The molecule has 25 heavy (non-hydrogen) atoms. The van der Waals surface area contributed by atoms with Crippen molar-refractivity contribution in [1.29, 1.82) is 0 Å². The zero-order chi connectivity index (χ0) is 16.7. The van der Waals surface area contributed by atoms with Gasteiger partial charge < -0.3 is 15.4 Å². The van der Waals surface area contributed by atoms with Crippen LogP contribution in [0.15, 0.2) is 12.1 Å². The van der Waals surface area contributed by atoms with E-state index in [1.165, 1.54) is 24.0 Å². The van der Waals surface area contributed by atoms with E-state index in [4.69, 9.17) is 4.74 Å². The van der Waals surface area contributed by atoms with Gasteiger partial charge >= 0.3 is 0 Å². The van der Waals surface area contributed by atoms with Gasteiger partial charge in [-0.2, -0.15) is 0 Å². The highest BCUT2D eigenvalue weighted by Gasteiger charge is 2.54. The third-order valence-electron chi connectivity index (χ3n) is 6.54. The van der Waals surface area contributed by atoms with Gasteiger partial charge in [-0.15, -0.1) is 12.4 Å². The van der Waals surface area contributed by atoms with Gasteiger partial charge in [-0.25, -0.2) is 0 Å². The molecule has 0 unspecified atom stereocenters. The van der Waals surface area contributed by atoms with Gasteiger partial charge in [-0.05, 0) is 62.1 Å². The number of methoxy groups -OCH3 is 1. The van der Waals surface area contributed by atoms with E-state index in [-0.39, 0.29) is 23.7 Å². The summed E-state index contributed by atoms with van der Waals surface area (Å²) in [4.78, 5) is 13.0. The van der Waals surface area contributed by atoms with Crippen LogP contribution in [0.1, 0.15) is 55.7 Å². The number of nitrogens with one attached hydrogen (secondary N) is 2. The van der Waals surface area contributed by atoms with Crippen molar-refractivity contribution in [2.75, 3.05) is 7.11 Å². The van der Waals surface area contributed by atoms with Gasteiger partial charge in [0.05, 0.1) is 12.5 Å². The molecule has 0 radical (unpaired) electrons. The molecule has 2 N–H and O–H groups in total. The number of carbonyl (C=O) groups excluding carboxylic acids is 1. The van der Waals surface area contributed by atoms with Crippen molar-refractivity contribution in [2.24, 2.45) is 5.41 Å². The maximum atomic E-state index is 13.0. The molecular formula is C20H29ClN2O2. The van der Waals surface area contributed by atoms with Gasteiger partial charge in [0.15, 0.2) is 0 Å². The van der Waals surface area contributed by atoms with E-state index >= 15 is 0 Å². The molecule has 4 nitrogen and oxygen atoms in total. The first-order chi connectivity index (χ1) is 11.7. The summed E-state index contributed by atoms with van der Waals surface area (Å²) in [5.41, 5.74) is 3.72. The maximum Gasteiger partial charge on any atom is 0.228 e. The van der Waals surface area contributed by atoms with Crippen molar-refractivity contribution in [2.45, 2.75) is 70.5 Å². The molecule has 1 aromatic carbocycles. The Morgan fingerprint density at radius 3 is 2.68 bits per heavy atom. The van der Waals surface area contributed by atoms with Gasteiger partial charge in [0.2, 0.25) is 5.91 Å². The first kappa shape index (κ1) is 18.5. The Bertz CT molecular complexity index is 663. The van der Waals surface area contributed by atoms with Gasteiger partial charge in [0, 0.05) is 24.2 Å². The van der Waals surface area contributed by atoms with Crippen LogP contribution >= 0.6 is 12.4 Å². The molecule has 2 fully saturated rings. The van der Waals surface area contributed by atoms with Crippen molar-refractivity contribution < 1.29 is 9.53 Å². The number of carbonyl (C=O) groups is 1. The van der Waals surface area contributed by atoms with E-state index in [2.05, 4.69) is 29.7 Å². The fraction of sp³-hybridized carbons (Fsp3) is 0.650. The summed E-state index contributed by atoms with van der Waals surface area (Å²) < 4.78 is 5.57. The number of benzene rings is 1. The van der Waals surface area contributed by atoms with Crippen LogP contribution in [-0.2, 0) is 24.2 Å².